The number of carbonyl (C=O) groups is 4. The zero-order chi connectivity index (χ0) is 34.4. The van der Waals surface area contributed by atoms with Gasteiger partial charge in [-0.15, -0.1) is 0 Å². The molecule has 8 nitrogen and oxygen atoms in total. The number of ketones is 1. The minimum atomic E-state index is -2.35. The number of halogens is 2. The molecule has 3 saturated carbocycles. The van der Waals surface area contributed by atoms with E-state index in [1.165, 1.54) is 37.5 Å². The molecule has 1 aromatic heterocycles. The van der Waals surface area contributed by atoms with Crippen LogP contribution in [-0.4, -0.2) is 63.8 Å². The Hall–Kier alpha value is -3.23. The number of hydrogen-bond donors (Lipinski definition) is 1. The number of aliphatic hydroxyl groups excluding tert-OH is 1. The molecule has 0 amide bonds. The van der Waals surface area contributed by atoms with Crippen LogP contribution in [-0.2, 0) is 23.9 Å². The minimum absolute atomic E-state index is 0.00349. The van der Waals surface area contributed by atoms with Crippen LogP contribution in [0, 0.1) is 46.3 Å². The minimum Gasteiger partial charge on any atom is -0.457 e. The van der Waals surface area contributed by atoms with Crippen LogP contribution in [0.1, 0.15) is 77.3 Å². The molecule has 0 bridgehead atoms. The lowest BCUT2D eigenvalue weighted by Crippen LogP contribution is -2.70. The van der Waals surface area contributed by atoms with E-state index in [4.69, 9.17) is 13.9 Å². The Morgan fingerprint density at radius 3 is 2.62 bits per heavy atom. The number of aliphatic hydroxyl groups is 1. The molecule has 9 atom stereocenters. The summed E-state index contributed by atoms with van der Waals surface area (Å²) in [5, 5.41) is 11.2. The van der Waals surface area contributed by atoms with Gasteiger partial charge in [-0.1, -0.05) is 57.4 Å². The second-order valence-corrected chi connectivity index (χ2v) is 15.1. The summed E-state index contributed by atoms with van der Waals surface area (Å²) in [5.41, 5.74) is -7.08. The summed E-state index contributed by atoms with van der Waals surface area (Å²) < 4.78 is 50.2. The normalized spacial score (nSPS) is 37.2. The van der Waals surface area contributed by atoms with Gasteiger partial charge in [0.15, 0.2) is 23.7 Å². The lowest BCUT2D eigenvalue weighted by atomic mass is 9.44. The van der Waals surface area contributed by atoms with E-state index in [2.05, 4.69) is 11.8 Å². The Balaban J connectivity index is 1.45. The molecule has 47 heavy (non-hydrogen) atoms. The maximum absolute atomic E-state index is 17.7. The van der Waals surface area contributed by atoms with Crippen molar-refractivity contribution in [3.63, 3.8) is 0 Å². The van der Waals surface area contributed by atoms with Crippen molar-refractivity contribution in [2.75, 3.05) is 12.4 Å². The Bertz CT molecular complexity index is 1540. The first kappa shape index (κ1) is 35.1. The molecule has 0 spiro atoms. The van der Waals surface area contributed by atoms with Gasteiger partial charge in [0, 0.05) is 29.1 Å². The van der Waals surface area contributed by atoms with Crippen molar-refractivity contribution in [3.8, 4) is 11.8 Å². The molecule has 1 heterocycles. The fraction of sp³-hybridized carbons (Fsp3) is 0.611. The quantitative estimate of drug-likeness (QED) is 0.263. The average molecular weight is 673 g/mol. The second kappa shape index (κ2) is 13.0. The van der Waals surface area contributed by atoms with Gasteiger partial charge in [0.05, 0.1) is 18.1 Å². The van der Waals surface area contributed by atoms with E-state index in [-0.39, 0.29) is 55.3 Å². The van der Waals surface area contributed by atoms with E-state index in [0.29, 0.717) is 12.3 Å². The number of furan rings is 1. The summed E-state index contributed by atoms with van der Waals surface area (Å²) in [7, 11) is 0. The van der Waals surface area contributed by atoms with Crippen LogP contribution in [0.2, 0.25) is 0 Å². The summed E-state index contributed by atoms with van der Waals surface area (Å²) in [5.74, 6) is 1.73. The van der Waals surface area contributed by atoms with Crippen LogP contribution in [0.15, 0.2) is 46.6 Å². The maximum Gasteiger partial charge on any atom is 0.375 e. The summed E-state index contributed by atoms with van der Waals surface area (Å²) in [6.45, 7) is 8.85. The lowest BCUT2D eigenvalue weighted by Gasteiger charge is -2.63. The highest BCUT2D eigenvalue weighted by Gasteiger charge is 2.78. The number of ether oxygens (including phenoxy) is 2. The predicted molar refractivity (Wildman–Crippen MR) is 170 cm³/mol. The first-order valence-corrected chi connectivity index (χ1v) is 17.1. The Labute approximate surface area is 278 Å². The Morgan fingerprint density at radius 1 is 1.19 bits per heavy atom. The van der Waals surface area contributed by atoms with Gasteiger partial charge < -0.3 is 19.0 Å². The third-order valence-electron chi connectivity index (χ3n) is 11.1. The van der Waals surface area contributed by atoms with Crippen molar-refractivity contribution in [1.29, 1.82) is 0 Å². The van der Waals surface area contributed by atoms with Gasteiger partial charge in [0.25, 0.3) is 0 Å². The maximum atomic E-state index is 17.7. The summed E-state index contributed by atoms with van der Waals surface area (Å²) >= 11 is 0.823. The molecule has 4 aliphatic carbocycles. The highest BCUT2D eigenvalue weighted by molar-refractivity contribution is 8.14. The van der Waals surface area contributed by atoms with Crippen LogP contribution < -0.4 is 0 Å². The predicted octanol–water partition coefficient (Wildman–Crippen LogP) is 5.98. The van der Waals surface area contributed by atoms with Gasteiger partial charge in [0.2, 0.25) is 10.9 Å². The molecule has 4 aliphatic rings. The van der Waals surface area contributed by atoms with Crippen molar-refractivity contribution in [1.82, 2.24) is 0 Å². The smallest absolute Gasteiger partial charge is 0.375 e. The summed E-state index contributed by atoms with van der Waals surface area (Å²) in [6.07, 6.45) is 2.33. The zero-order valence-electron chi connectivity index (χ0n) is 27.3. The molecule has 1 N–H and O–H groups in total. The van der Waals surface area contributed by atoms with Gasteiger partial charge in [-0.25, -0.2) is 13.6 Å². The molecule has 0 unspecified atom stereocenters. The largest absolute Gasteiger partial charge is 0.457 e. The number of allylic oxidation sites excluding steroid dienone is 4. The molecular formula is C36H42F2O8S. The van der Waals surface area contributed by atoms with Gasteiger partial charge in [-0.05, 0) is 74.3 Å². The fourth-order valence-corrected chi connectivity index (χ4v) is 9.71. The van der Waals surface area contributed by atoms with Crippen molar-refractivity contribution >= 4 is 34.6 Å². The van der Waals surface area contributed by atoms with E-state index < -0.39 is 69.0 Å². The zero-order valence-corrected chi connectivity index (χ0v) is 28.2. The van der Waals surface area contributed by atoms with Gasteiger partial charge in [-0.3, -0.25) is 14.4 Å². The highest BCUT2D eigenvalue weighted by atomic mass is 32.2. The molecule has 0 aliphatic heterocycles. The van der Waals surface area contributed by atoms with E-state index in [9.17, 15) is 24.3 Å². The molecule has 5 rings (SSSR count). The molecule has 11 heteroatoms. The van der Waals surface area contributed by atoms with Crippen molar-refractivity contribution in [2.45, 2.75) is 90.3 Å². The third-order valence-corrected chi connectivity index (χ3v) is 11.9. The lowest BCUT2D eigenvalue weighted by molar-refractivity contribution is -0.221. The number of carbonyl (C=O) groups excluding carboxylic acids is 4. The van der Waals surface area contributed by atoms with Gasteiger partial charge in [-0.2, -0.15) is 0 Å². The van der Waals surface area contributed by atoms with Crippen LogP contribution in [0.3, 0.4) is 0 Å². The first-order valence-electron chi connectivity index (χ1n) is 16.1. The molecule has 1 aromatic rings. The molecule has 3 fully saturated rings. The van der Waals surface area contributed by atoms with Crippen LogP contribution in [0.25, 0.3) is 0 Å². The number of esters is 2. The number of fused-ring (bicyclic) bond motifs is 5. The number of alkyl halides is 2. The number of rotatable bonds is 8. The summed E-state index contributed by atoms with van der Waals surface area (Å²) in [4.78, 5) is 51.9. The van der Waals surface area contributed by atoms with Crippen LogP contribution in [0.5, 0.6) is 0 Å². The monoisotopic (exact) mass is 672 g/mol. The van der Waals surface area contributed by atoms with Gasteiger partial charge in [0.1, 0.15) is 6.17 Å². The second-order valence-electron chi connectivity index (χ2n) is 14.1. The standard InChI is InChI=1S/C36H42F2O8S/c1-21(2)10-11-30(41)45-14-6-7-16-47-32(43)36(46-31(42)28-9-8-15-44-28)22(3)17-24-25-19-27(37)26-18-23(39)12-13-33(26,4)35(25,38)29(40)20-34(24,36)5/h8-9,12-13,15,18,21-22,24-25,27,29,40H,10-11,14,16-17,19-20H2,1-5H3/t22-,24+,25+,27+,29+,33+,34+,35+,36+/m1/s1. The molecule has 0 aromatic carbocycles. The fourth-order valence-electron chi connectivity index (χ4n) is 8.72. The number of hydrogen-bond acceptors (Lipinski definition) is 9. The number of thioether (sulfide) groups is 1. The van der Waals surface area contributed by atoms with Gasteiger partial charge >= 0.3 is 11.9 Å². The van der Waals surface area contributed by atoms with E-state index in [1.54, 1.807) is 13.8 Å². The first-order chi connectivity index (χ1) is 22.1. The summed E-state index contributed by atoms with van der Waals surface area (Å²) in [6, 6.07) is 2.91. The van der Waals surface area contributed by atoms with Crippen molar-refractivity contribution in [3.05, 3.63) is 48.0 Å². The van der Waals surface area contributed by atoms with Crippen LogP contribution in [0.4, 0.5) is 8.78 Å². The molecule has 0 saturated heterocycles. The molecule has 254 valence electrons. The van der Waals surface area contributed by atoms with E-state index >= 15 is 8.78 Å². The Kier molecular flexibility index (Phi) is 9.70. The highest BCUT2D eigenvalue weighted by Crippen LogP contribution is 2.72. The topological polar surface area (TPSA) is 120 Å². The Morgan fingerprint density at radius 2 is 1.94 bits per heavy atom. The molecular weight excluding hydrogens is 630 g/mol. The van der Waals surface area contributed by atoms with Crippen LogP contribution >= 0.6 is 11.8 Å². The third kappa shape index (κ3) is 5.69. The van der Waals surface area contributed by atoms with Crippen molar-refractivity contribution in [2.24, 2.45) is 34.5 Å². The van der Waals surface area contributed by atoms with E-state index in [0.717, 1.165) is 17.8 Å². The SMILES string of the molecule is CC(C)CCC(=O)OCC#CCSC(=O)[C@@]1(OC(=O)c2ccco2)[C@H](C)C[C@H]2[C@@H]3C[C@H](F)C4=CC(=O)C=C[C@]4(C)[C@@]3(F)[C@@H](O)C[C@@]21C. The van der Waals surface area contributed by atoms with E-state index in [1.807, 2.05) is 13.8 Å². The average Bonchev–Trinajstić information content (AvgIpc) is 3.63. The van der Waals surface area contributed by atoms with Crippen molar-refractivity contribution < 1.29 is 47.0 Å². The molecule has 0 radical (unpaired) electrons.